The monoisotopic (exact) mass is 298 g/mol. The molecule has 2 aromatic rings. The van der Waals surface area contributed by atoms with Crippen molar-refractivity contribution in [3.63, 3.8) is 0 Å². The van der Waals surface area contributed by atoms with Crippen LogP contribution in [0.15, 0.2) is 18.2 Å². The minimum Gasteiger partial charge on any atom is -0.496 e. The number of nitrogens with two attached hydrogens (primary N) is 1. The lowest BCUT2D eigenvalue weighted by atomic mass is 10.2. The Balaban J connectivity index is 2.09. The lowest BCUT2D eigenvalue weighted by molar-refractivity contribution is 0.0948. The van der Waals surface area contributed by atoms with Crippen LogP contribution in [0.5, 0.6) is 5.75 Å². The van der Waals surface area contributed by atoms with Crippen LogP contribution in [-0.2, 0) is 6.54 Å². The number of hydrogen-bond acceptors (Lipinski definition) is 6. The van der Waals surface area contributed by atoms with Crippen LogP contribution < -0.4 is 15.8 Å². The van der Waals surface area contributed by atoms with Crippen molar-refractivity contribution >= 4 is 34.0 Å². The molecule has 0 spiro atoms. The molecule has 0 atom stereocenters. The van der Waals surface area contributed by atoms with E-state index in [-0.39, 0.29) is 12.5 Å². The number of ether oxygens (including phenoxy) is 1. The van der Waals surface area contributed by atoms with Crippen LogP contribution in [0.3, 0.4) is 0 Å². The molecule has 3 N–H and O–H groups in total. The molecule has 100 valence electrons. The molecule has 1 heterocycles. The van der Waals surface area contributed by atoms with Gasteiger partial charge in [-0.3, -0.25) is 4.79 Å². The Morgan fingerprint density at radius 1 is 1.53 bits per heavy atom. The predicted molar refractivity (Wildman–Crippen MR) is 73.5 cm³/mol. The summed E-state index contributed by atoms with van der Waals surface area (Å²) in [5.74, 6) is 0.159. The van der Waals surface area contributed by atoms with Crippen molar-refractivity contribution in [1.82, 2.24) is 15.5 Å². The van der Waals surface area contributed by atoms with Crippen molar-refractivity contribution in [2.75, 3.05) is 12.8 Å². The van der Waals surface area contributed by atoms with Gasteiger partial charge in [-0.15, -0.1) is 10.2 Å². The van der Waals surface area contributed by atoms with Gasteiger partial charge in [-0.2, -0.15) is 0 Å². The minimum atomic E-state index is -0.298. The molecule has 6 nitrogen and oxygen atoms in total. The number of methoxy groups -OCH3 is 1. The van der Waals surface area contributed by atoms with E-state index in [1.807, 2.05) is 0 Å². The van der Waals surface area contributed by atoms with E-state index in [0.717, 1.165) is 0 Å². The van der Waals surface area contributed by atoms with E-state index in [2.05, 4.69) is 15.5 Å². The summed E-state index contributed by atoms with van der Waals surface area (Å²) in [4.78, 5) is 12.0. The first kappa shape index (κ1) is 13.6. The van der Waals surface area contributed by atoms with E-state index in [1.54, 1.807) is 18.2 Å². The van der Waals surface area contributed by atoms with Crippen molar-refractivity contribution in [3.05, 3.63) is 33.8 Å². The van der Waals surface area contributed by atoms with Gasteiger partial charge in [0.2, 0.25) is 5.13 Å². The van der Waals surface area contributed by atoms with Crippen LogP contribution in [-0.4, -0.2) is 23.2 Å². The normalized spacial score (nSPS) is 10.2. The summed E-state index contributed by atoms with van der Waals surface area (Å²) < 4.78 is 5.11. The highest BCUT2D eigenvalue weighted by molar-refractivity contribution is 7.15. The number of rotatable bonds is 4. The van der Waals surface area contributed by atoms with Crippen LogP contribution in [0.2, 0.25) is 5.02 Å². The van der Waals surface area contributed by atoms with Crippen molar-refractivity contribution in [2.45, 2.75) is 6.54 Å². The van der Waals surface area contributed by atoms with Crippen LogP contribution in [0.1, 0.15) is 15.4 Å². The fourth-order valence-corrected chi connectivity index (χ4v) is 2.17. The fourth-order valence-electron chi connectivity index (χ4n) is 1.45. The topological polar surface area (TPSA) is 90.1 Å². The van der Waals surface area contributed by atoms with Gasteiger partial charge >= 0.3 is 0 Å². The molecule has 0 saturated carbocycles. The molecular formula is C11H11ClN4O2S. The van der Waals surface area contributed by atoms with Gasteiger partial charge in [-0.1, -0.05) is 22.9 Å². The number of carbonyl (C=O) groups excluding carboxylic acids is 1. The standard InChI is InChI=1S/C11H11ClN4O2S/c1-18-8-3-2-6(12)4-7(8)10(17)14-5-9-15-16-11(13)19-9/h2-4H,5H2,1H3,(H2,13,16)(H,14,17). The predicted octanol–water partition coefficient (Wildman–Crippen LogP) is 1.71. The lowest BCUT2D eigenvalue weighted by Gasteiger charge is -2.08. The molecule has 19 heavy (non-hydrogen) atoms. The Morgan fingerprint density at radius 2 is 2.32 bits per heavy atom. The van der Waals surface area contributed by atoms with Crippen molar-refractivity contribution in [1.29, 1.82) is 0 Å². The maximum atomic E-state index is 12.0. The van der Waals surface area contributed by atoms with E-state index in [1.165, 1.54) is 18.4 Å². The smallest absolute Gasteiger partial charge is 0.255 e. The quantitative estimate of drug-likeness (QED) is 0.897. The molecule has 0 radical (unpaired) electrons. The van der Waals surface area contributed by atoms with Gasteiger partial charge in [-0.05, 0) is 18.2 Å². The molecule has 2 rings (SSSR count). The zero-order valence-corrected chi connectivity index (χ0v) is 11.6. The molecular weight excluding hydrogens is 288 g/mol. The van der Waals surface area contributed by atoms with Crippen molar-refractivity contribution < 1.29 is 9.53 Å². The number of benzene rings is 1. The third-order valence-corrected chi connectivity index (χ3v) is 3.28. The number of nitrogens with zero attached hydrogens (tertiary/aromatic N) is 2. The largest absolute Gasteiger partial charge is 0.496 e. The Bertz CT molecular complexity index is 602. The SMILES string of the molecule is COc1ccc(Cl)cc1C(=O)NCc1nnc(N)s1. The number of nitrogen functional groups attached to an aromatic ring is 1. The van der Waals surface area contributed by atoms with Crippen molar-refractivity contribution in [3.8, 4) is 5.75 Å². The van der Waals surface area contributed by atoms with Crippen molar-refractivity contribution in [2.24, 2.45) is 0 Å². The third-order valence-electron chi connectivity index (χ3n) is 2.29. The Hall–Kier alpha value is -1.86. The van der Waals surface area contributed by atoms with Gasteiger partial charge in [0.25, 0.3) is 5.91 Å². The Morgan fingerprint density at radius 3 is 2.95 bits per heavy atom. The highest BCUT2D eigenvalue weighted by Gasteiger charge is 2.13. The Kier molecular flexibility index (Phi) is 4.18. The number of halogens is 1. The minimum absolute atomic E-state index is 0.253. The summed E-state index contributed by atoms with van der Waals surface area (Å²) in [6, 6.07) is 4.84. The first-order valence-electron chi connectivity index (χ1n) is 5.29. The van der Waals surface area contributed by atoms with Crippen LogP contribution in [0, 0.1) is 0 Å². The zero-order chi connectivity index (χ0) is 13.8. The summed E-state index contributed by atoms with van der Waals surface area (Å²) in [6.45, 7) is 0.253. The van der Waals surface area contributed by atoms with Crippen LogP contribution >= 0.6 is 22.9 Å². The van der Waals surface area contributed by atoms with E-state index in [9.17, 15) is 4.79 Å². The first-order chi connectivity index (χ1) is 9.10. The van der Waals surface area contributed by atoms with Gasteiger partial charge in [0.15, 0.2) is 0 Å². The summed E-state index contributed by atoms with van der Waals surface area (Å²) >= 11 is 7.09. The molecule has 0 aliphatic heterocycles. The molecule has 1 aromatic heterocycles. The van der Waals surface area contributed by atoms with Gasteiger partial charge in [0.1, 0.15) is 10.8 Å². The van der Waals surface area contributed by atoms with Gasteiger partial charge in [0.05, 0.1) is 19.2 Å². The van der Waals surface area contributed by atoms with E-state index in [0.29, 0.717) is 26.5 Å². The second-order valence-corrected chi connectivity index (χ2v) is 5.09. The first-order valence-corrected chi connectivity index (χ1v) is 6.49. The summed E-state index contributed by atoms with van der Waals surface area (Å²) in [6.07, 6.45) is 0. The van der Waals surface area contributed by atoms with E-state index < -0.39 is 0 Å². The number of aromatic nitrogens is 2. The summed E-state index contributed by atoms with van der Waals surface area (Å²) in [7, 11) is 1.49. The maximum absolute atomic E-state index is 12.0. The molecule has 0 bridgehead atoms. The molecule has 0 aliphatic carbocycles. The fraction of sp³-hybridized carbons (Fsp3) is 0.182. The molecule has 0 fully saturated rings. The van der Waals surface area contributed by atoms with E-state index in [4.69, 9.17) is 22.1 Å². The molecule has 1 amide bonds. The van der Waals surface area contributed by atoms with Crippen LogP contribution in [0.25, 0.3) is 0 Å². The second kappa shape index (κ2) is 5.85. The molecule has 8 heteroatoms. The average Bonchev–Trinajstić information content (AvgIpc) is 2.81. The summed E-state index contributed by atoms with van der Waals surface area (Å²) in [5, 5.41) is 11.6. The third kappa shape index (κ3) is 3.33. The number of anilines is 1. The summed E-state index contributed by atoms with van der Waals surface area (Å²) in [5.41, 5.74) is 5.82. The number of hydrogen-bond donors (Lipinski definition) is 2. The zero-order valence-electron chi connectivity index (χ0n) is 10.0. The Labute approximate surface area is 118 Å². The molecule has 0 aliphatic rings. The molecule has 0 unspecified atom stereocenters. The molecule has 1 aromatic carbocycles. The van der Waals surface area contributed by atoms with Gasteiger partial charge in [0, 0.05) is 5.02 Å². The average molecular weight is 299 g/mol. The maximum Gasteiger partial charge on any atom is 0.255 e. The van der Waals surface area contributed by atoms with E-state index >= 15 is 0 Å². The number of carbonyl (C=O) groups is 1. The molecule has 0 saturated heterocycles. The number of nitrogens with one attached hydrogen (secondary N) is 1. The van der Waals surface area contributed by atoms with Crippen LogP contribution in [0.4, 0.5) is 5.13 Å². The van der Waals surface area contributed by atoms with Gasteiger partial charge in [-0.25, -0.2) is 0 Å². The van der Waals surface area contributed by atoms with Gasteiger partial charge < -0.3 is 15.8 Å². The number of amides is 1. The highest BCUT2D eigenvalue weighted by Crippen LogP contribution is 2.22. The lowest BCUT2D eigenvalue weighted by Crippen LogP contribution is -2.23. The second-order valence-electron chi connectivity index (χ2n) is 3.56. The highest BCUT2D eigenvalue weighted by atomic mass is 35.5.